The highest BCUT2D eigenvalue weighted by atomic mass is 16.6. The molecule has 106 valence electrons. The van der Waals surface area contributed by atoms with Crippen molar-refractivity contribution in [2.75, 3.05) is 19.6 Å². The summed E-state index contributed by atoms with van der Waals surface area (Å²) < 4.78 is 5.43. The summed E-state index contributed by atoms with van der Waals surface area (Å²) in [6, 6.07) is 0. The first-order valence-electron chi connectivity index (χ1n) is 7.05. The molecule has 1 fully saturated rings. The van der Waals surface area contributed by atoms with E-state index in [4.69, 9.17) is 10.5 Å². The van der Waals surface area contributed by atoms with Gasteiger partial charge >= 0.3 is 6.09 Å². The molecule has 0 aromatic heterocycles. The fourth-order valence-corrected chi connectivity index (χ4v) is 2.65. The molecule has 0 aliphatic carbocycles. The summed E-state index contributed by atoms with van der Waals surface area (Å²) in [4.78, 5) is 13.9. The summed E-state index contributed by atoms with van der Waals surface area (Å²) in [5.74, 6) is 1.23. The van der Waals surface area contributed by atoms with Gasteiger partial charge in [-0.3, -0.25) is 0 Å². The Bertz CT molecular complexity index is 273. The molecular formula is C14H28N2O2. The van der Waals surface area contributed by atoms with Gasteiger partial charge in [-0.2, -0.15) is 0 Å². The molecule has 2 unspecified atom stereocenters. The van der Waals surface area contributed by atoms with E-state index in [-0.39, 0.29) is 6.09 Å². The number of nitrogens with zero attached hydrogens (tertiary/aromatic N) is 1. The van der Waals surface area contributed by atoms with Gasteiger partial charge in [-0.25, -0.2) is 4.79 Å². The van der Waals surface area contributed by atoms with Gasteiger partial charge in [-0.15, -0.1) is 0 Å². The summed E-state index contributed by atoms with van der Waals surface area (Å²) in [5.41, 5.74) is 5.25. The summed E-state index contributed by atoms with van der Waals surface area (Å²) in [7, 11) is 0. The van der Waals surface area contributed by atoms with Gasteiger partial charge in [0.05, 0.1) is 0 Å². The molecule has 0 radical (unpaired) electrons. The Hall–Kier alpha value is -0.770. The van der Waals surface area contributed by atoms with E-state index in [9.17, 15) is 4.79 Å². The van der Waals surface area contributed by atoms with Crippen LogP contribution in [0.25, 0.3) is 0 Å². The summed E-state index contributed by atoms with van der Waals surface area (Å²) in [5, 5.41) is 0. The number of likely N-dealkylation sites (tertiary alicyclic amines) is 1. The summed E-state index contributed by atoms with van der Waals surface area (Å²) in [6.07, 6.45) is 3.06. The van der Waals surface area contributed by atoms with Gasteiger partial charge in [0.1, 0.15) is 5.60 Å². The average molecular weight is 256 g/mol. The van der Waals surface area contributed by atoms with Crippen molar-refractivity contribution >= 4 is 6.09 Å². The van der Waals surface area contributed by atoms with Crippen LogP contribution < -0.4 is 5.73 Å². The minimum atomic E-state index is -0.415. The molecule has 1 aliphatic rings. The molecule has 2 N–H and O–H groups in total. The lowest BCUT2D eigenvalue weighted by atomic mass is 9.82. The van der Waals surface area contributed by atoms with Crippen molar-refractivity contribution in [1.82, 2.24) is 4.90 Å². The van der Waals surface area contributed by atoms with Crippen LogP contribution >= 0.6 is 0 Å². The molecule has 1 amide bonds. The van der Waals surface area contributed by atoms with Gasteiger partial charge in [0.15, 0.2) is 0 Å². The SMILES string of the molecule is CCC1CCN(C(=O)OC(C)(C)C)CC1CCN. The van der Waals surface area contributed by atoms with Crippen LogP contribution in [0.4, 0.5) is 4.79 Å². The van der Waals surface area contributed by atoms with Crippen molar-refractivity contribution in [2.24, 2.45) is 17.6 Å². The van der Waals surface area contributed by atoms with Crippen molar-refractivity contribution < 1.29 is 9.53 Å². The number of carbonyl (C=O) groups excluding carboxylic acids is 1. The second-order valence-corrected chi connectivity index (χ2v) is 6.22. The Balaban J connectivity index is 2.56. The smallest absolute Gasteiger partial charge is 0.410 e. The molecule has 2 atom stereocenters. The number of nitrogens with two attached hydrogens (primary N) is 1. The van der Waals surface area contributed by atoms with Gasteiger partial charge in [0, 0.05) is 13.1 Å². The maximum atomic E-state index is 12.0. The summed E-state index contributed by atoms with van der Waals surface area (Å²) >= 11 is 0. The Labute approximate surface area is 111 Å². The molecule has 18 heavy (non-hydrogen) atoms. The fourth-order valence-electron chi connectivity index (χ4n) is 2.65. The van der Waals surface area contributed by atoms with Crippen LogP contribution in [0.15, 0.2) is 0 Å². The molecule has 0 saturated carbocycles. The number of hydrogen-bond acceptors (Lipinski definition) is 3. The molecule has 4 nitrogen and oxygen atoms in total. The molecule has 0 bridgehead atoms. The highest BCUT2D eigenvalue weighted by molar-refractivity contribution is 5.68. The van der Waals surface area contributed by atoms with E-state index in [0.29, 0.717) is 18.4 Å². The predicted molar refractivity (Wildman–Crippen MR) is 73.4 cm³/mol. The molecule has 1 rings (SSSR count). The molecule has 0 aromatic carbocycles. The van der Waals surface area contributed by atoms with E-state index in [1.807, 2.05) is 25.7 Å². The third-order valence-corrected chi connectivity index (χ3v) is 3.60. The molecule has 1 aliphatic heterocycles. The van der Waals surface area contributed by atoms with Crippen LogP contribution in [0.3, 0.4) is 0 Å². The zero-order valence-electron chi connectivity index (χ0n) is 12.2. The highest BCUT2D eigenvalue weighted by Gasteiger charge is 2.32. The highest BCUT2D eigenvalue weighted by Crippen LogP contribution is 2.29. The van der Waals surface area contributed by atoms with Crippen molar-refractivity contribution in [3.8, 4) is 0 Å². The van der Waals surface area contributed by atoms with Crippen LogP contribution in [-0.2, 0) is 4.74 Å². The van der Waals surface area contributed by atoms with Crippen LogP contribution in [0, 0.1) is 11.8 Å². The van der Waals surface area contributed by atoms with Gasteiger partial charge < -0.3 is 15.4 Å². The van der Waals surface area contributed by atoms with Gasteiger partial charge in [-0.05, 0) is 52.0 Å². The summed E-state index contributed by atoms with van der Waals surface area (Å²) in [6.45, 7) is 10.2. The van der Waals surface area contributed by atoms with E-state index in [1.54, 1.807) is 0 Å². The predicted octanol–water partition coefficient (Wildman–Crippen LogP) is 2.62. The number of carbonyl (C=O) groups is 1. The molecule has 1 heterocycles. The van der Waals surface area contributed by atoms with Crippen LogP contribution in [0.2, 0.25) is 0 Å². The van der Waals surface area contributed by atoms with E-state index in [1.165, 1.54) is 6.42 Å². The zero-order chi connectivity index (χ0) is 13.8. The fraction of sp³-hybridized carbons (Fsp3) is 0.929. The van der Waals surface area contributed by atoms with E-state index < -0.39 is 5.60 Å². The zero-order valence-corrected chi connectivity index (χ0v) is 12.2. The first-order chi connectivity index (χ1) is 8.37. The lowest BCUT2D eigenvalue weighted by molar-refractivity contribution is 0.00932. The number of ether oxygens (including phenoxy) is 1. The minimum absolute atomic E-state index is 0.181. The van der Waals surface area contributed by atoms with Crippen molar-refractivity contribution in [3.63, 3.8) is 0 Å². The van der Waals surface area contributed by atoms with Crippen LogP contribution in [0.1, 0.15) is 47.0 Å². The number of hydrogen-bond donors (Lipinski definition) is 1. The Morgan fingerprint density at radius 1 is 1.39 bits per heavy atom. The molecule has 1 saturated heterocycles. The standard InChI is InChI=1S/C14H28N2O2/c1-5-11-7-9-16(10-12(11)6-8-15)13(17)18-14(2,3)4/h11-12H,5-10,15H2,1-4H3. The number of piperidine rings is 1. The molecule has 0 spiro atoms. The second-order valence-electron chi connectivity index (χ2n) is 6.22. The first kappa shape index (κ1) is 15.3. The van der Waals surface area contributed by atoms with Gasteiger partial charge in [0.25, 0.3) is 0 Å². The quantitative estimate of drug-likeness (QED) is 0.844. The van der Waals surface area contributed by atoms with Crippen LogP contribution in [0.5, 0.6) is 0 Å². The number of rotatable bonds is 3. The third kappa shape index (κ3) is 4.48. The maximum absolute atomic E-state index is 12.0. The molecular weight excluding hydrogens is 228 g/mol. The van der Waals surface area contributed by atoms with Crippen molar-refractivity contribution in [1.29, 1.82) is 0 Å². The Morgan fingerprint density at radius 2 is 2.06 bits per heavy atom. The maximum Gasteiger partial charge on any atom is 0.410 e. The Morgan fingerprint density at radius 3 is 2.56 bits per heavy atom. The van der Waals surface area contributed by atoms with Crippen LogP contribution in [-0.4, -0.2) is 36.2 Å². The van der Waals surface area contributed by atoms with Crippen molar-refractivity contribution in [2.45, 2.75) is 52.6 Å². The average Bonchev–Trinajstić information content (AvgIpc) is 2.27. The first-order valence-corrected chi connectivity index (χ1v) is 7.05. The normalized spacial score (nSPS) is 25.1. The molecule has 0 aromatic rings. The van der Waals surface area contributed by atoms with E-state index in [0.717, 1.165) is 25.9 Å². The lowest BCUT2D eigenvalue weighted by Crippen LogP contribution is -2.46. The van der Waals surface area contributed by atoms with E-state index in [2.05, 4.69) is 6.92 Å². The minimum Gasteiger partial charge on any atom is -0.444 e. The van der Waals surface area contributed by atoms with Gasteiger partial charge in [0.2, 0.25) is 0 Å². The monoisotopic (exact) mass is 256 g/mol. The van der Waals surface area contributed by atoms with Crippen molar-refractivity contribution in [3.05, 3.63) is 0 Å². The second kappa shape index (κ2) is 6.41. The number of amides is 1. The van der Waals surface area contributed by atoms with Gasteiger partial charge in [-0.1, -0.05) is 13.3 Å². The van der Waals surface area contributed by atoms with E-state index >= 15 is 0 Å². The Kier molecular flexibility index (Phi) is 5.45. The third-order valence-electron chi connectivity index (χ3n) is 3.60. The topological polar surface area (TPSA) is 55.6 Å². The lowest BCUT2D eigenvalue weighted by Gasteiger charge is -2.38. The molecule has 4 heteroatoms. The largest absolute Gasteiger partial charge is 0.444 e.